The normalized spacial score (nSPS) is 14.2. The van der Waals surface area contributed by atoms with Crippen LogP contribution in [0.3, 0.4) is 0 Å². The number of nitrogens with zero attached hydrogens (tertiary/aromatic N) is 2. The minimum atomic E-state index is 0.558. The van der Waals surface area contributed by atoms with Crippen LogP contribution >= 0.6 is 11.3 Å². The van der Waals surface area contributed by atoms with Gasteiger partial charge in [-0.05, 0) is 24.8 Å². The van der Waals surface area contributed by atoms with Gasteiger partial charge in [-0.15, -0.1) is 11.3 Å². The zero-order valence-electron chi connectivity index (χ0n) is 9.49. The van der Waals surface area contributed by atoms with Crippen LogP contribution in [0.25, 0.3) is 10.2 Å². The molecule has 0 saturated carbocycles. The second-order valence-electron chi connectivity index (χ2n) is 4.19. The van der Waals surface area contributed by atoms with Crippen molar-refractivity contribution in [1.29, 1.82) is 0 Å². The monoisotopic (exact) mass is 249 g/mol. The van der Waals surface area contributed by atoms with Gasteiger partial charge in [-0.2, -0.15) is 4.98 Å². The number of thiophene rings is 1. The summed E-state index contributed by atoms with van der Waals surface area (Å²) in [4.78, 5) is 11.2. The summed E-state index contributed by atoms with van der Waals surface area (Å²) in [6, 6.07) is 0. The van der Waals surface area contributed by atoms with E-state index in [4.69, 9.17) is 11.5 Å². The molecular weight excluding hydrogens is 234 g/mol. The highest BCUT2D eigenvalue weighted by atomic mass is 32.1. The first-order chi connectivity index (χ1) is 8.29. The molecule has 0 aromatic carbocycles. The van der Waals surface area contributed by atoms with E-state index in [1.165, 1.54) is 16.9 Å². The van der Waals surface area contributed by atoms with Crippen LogP contribution in [-0.2, 0) is 12.8 Å². The van der Waals surface area contributed by atoms with Crippen molar-refractivity contribution in [2.75, 3.05) is 24.1 Å². The highest BCUT2D eigenvalue weighted by molar-refractivity contribution is 7.19. The number of hydrogen-bond donors (Lipinski definition) is 3. The van der Waals surface area contributed by atoms with Gasteiger partial charge in [0.1, 0.15) is 10.6 Å². The molecule has 0 amide bonds. The number of hydrogen-bond acceptors (Lipinski definition) is 6. The summed E-state index contributed by atoms with van der Waals surface area (Å²) in [6.45, 7) is 1.22. The van der Waals surface area contributed by atoms with Gasteiger partial charge in [0.25, 0.3) is 0 Å². The Morgan fingerprint density at radius 1 is 1.29 bits per heavy atom. The third kappa shape index (κ3) is 1.73. The Hall–Kier alpha value is -1.40. The van der Waals surface area contributed by atoms with E-state index in [2.05, 4.69) is 15.3 Å². The van der Waals surface area contributed by atoms with Crippen molar-refractivity contribution in [3.8, 4) is 0 Å². The molecule has 1 aliphatic carbocycles. The van der Waals surface area contributed by atoms with Gasteiger partial charge >= 0.3 is 0 Å². The molecular formula is C11H15N5S. The third-order valence-corrected chi connectivity index (χ3v) is 4.21. The molecule has 0 atom stereocenters. The predicted octanol–water partition coefficient (Wildman–Crippen LogP) is 1.13. The fraction of sp³-hybridized carbons (Fsp3) is 0.455. The summed E-state index contributed by atoms with van der Waals surface area (Å²) in [5.74, 6) is 1.18. The molecule has 1 aliphatic rings. The van der Waals surface area contributed by atoms with Crippen molar-refractivity contribution < 1.29 is 0 Å². The van der Waals surface area contributed by atoms with Gasteiger partial charge in [-0.3, -0.25) is 0 Å². The van der Waals surface area contributed by atoms with Crippen LogP contribution in [0, 0.1) is 0 Å². The molecule has 5 nitrogen and oxygen atoms in total. The SMILES string of the molecule is NCCNc1nc(N)c2c3c(sc2n1)CCC3. The number of nitrogen functional groups attached to an aromatic ring is 1. The lowest BCUT2D eigenvalue weighted by atomic mass is 10.2. The van der Waals surface area contributed by atoms with Gasteiger partial charge in [0, 0.05) is 18.0 Å². The Labute approximate surface area is 103 Å². The quantitative estimate of drug-likeness (QED) is 0.758. The Balaban J connectivity index is 2.08. The lowest BCUT2D eigenvalue weighted by Crippen LogP contribution is -2.15. The van der Waals surface area contributed by atoms with Gasteiger partial charge in [0.05, 0.1) is 5.39 Å². The highest BCUT2D eigenvalue weighted by Gasteiger charge is 2.21. The molecule has 17 heavy (non-hydrogen) atoms. The van der Waals surface area contributed by atoms with Crippen LogP contribution < -0.4 is 16.8 Å². The lowest BCUT2D eigenvalue weighted by molar-refractivity contribution is 0.917. The topological polar surface area (TPSA) is 89.8 Å². The zero-order chi connectivity index (χ0) is 11.8. The fourth-order valence-electron chi connectivity index (χ4n) is 2.29. The molecule has 2 heterocycles. The van der Waals surface area contributed by atoms with Crippen molar-refractivity contribution in [2.45, 2.75) is 19.3 Å². The Morgan fingerprint density at radius 2 is 2.18 bits per heavy atom. The number of rotatable bonds is 3. The summed E-state index contributed by atoms with van der Waals surface area (Å²) in [5.41, 5.74) is 12.8. The Morgan fingerprint density at radius 3 is 3.00 bits per heavy atom. The molecule has 90 valence electrons. The Kier molecular flexibility index (Phi) is 2.60. The second kappa shape index (κ2) is 4.12. The van der Waals surface area contributed by atoms with Crippen molar-refractivity contribution in [2.24, 2.45) is 5.73 Å². The second-order valence-corrected chi connectivity index (χ2v) is 5.27. The smallest absolute Gasteiger partial charge is 0.226 e. The number of nitrogens with one attached hydrogen (secondary N) is 1. The molecule has 0 saturated heterocycles. The van der Waals surface area contributed by atoms with Crippen LogP contribution in [0.1, 0.15) is 16.9 Å². The average Bonchev–Trinajstić information content (AvgIpc) is 2.85. The molecule has 0 spiro atoms. The van der Waals surface area contributed by atoms with E-state index in [-0.39, 0.29) is 0 Å². The van der Waals surface area contributed by atoms with Gasteiger partial charge in [-0.1, -0.05) is 0 Å². The first kappa shape index (κ1) is 10.7. The maximum Gasteiger partial charge on any atom is 0.226 e. The fourth-order valence-corrected chi connectivity index (χ4v) is 3.56. The summed E-state index contributed by atoms with van der Waals surface area (Å²) in [5, 5.41) is 4.14. The molecule has 0 fully saturated rings. The number of fused-ring (bicyclic) bond motifs is 3. The first-order valence-corrected chi connectivity index (χ1v) is 6.63. The molecule has 6 heteroatoms. The van der Waals surface area contributed by atoms with E-state index in [1.807, 2.05) is 0 Å². The standard InChI is InChI=1S/C11H15N5S/c12-4-5-14-11-15-9(13)8-6-2-1-3-7(6)17-10(8)16-11/h1-5,12H2,(H3,13,14,15,16). The maximum atomic E-state index is 6.03. The number of anilines is 2. The first-order valence-electron chi connectivity index (χ1n) is 5.81. The van der Waals surface area contributed by atoms with E-state index in [1.54, 1.807) is 11.3 Å². The number of aryl methyl sites for hydroxylation is 2. The average molecular weight is 249 g/mol. The van der Waals surface area contributed by atoms with Crippen molar-refractivity contribution >= 4 is 33.3 Å². The van der Waals surface area contributed by atoms with E-state index < -0.39 is 0 Å². The van der Waals surface area contributed by atoms with Crippen LogP contribution in [0.15, 0.2) is 0 Å². The molecule has 5 N–H and O–H groups in total. The summed E-state index contributed by atoms with van der Waals surface area (Å²) in [7, 11) is 0. The summed E-state index contributed by atoms with van der Waals surface area (Å²) < 4.78 is 0. The van der Waals surface area contributed by atoms with Crippen LogP contribution in [0.5, 0.6) is 0 Å². The van der Waals surface area contributed by atoms with Crippen LogP contribution in [-0.4, -0.2) is 23.1 Å². The highest BCUT2D eigenvalue weighted by Crippen LogP contribution is 2.38. The molecule has 2 aromatic heterocycles. The predicted molar refractivity (Wildman–Crippen MR) is 71.4 cm³/mol. The van der Waals surface area contributed by atoms with E-state index in [0.717, 1.165) is 23.1 Å². The minimum Gasteiger partial charge on any atom is -0.383 e. The third-order valence-electron chi connectivity index (χ3n) is 3.02. The van der Waals surface area contributed by atoms with E-state index in [0.29, 0.717) is 24.9 Å². The molecule has 3 rings (SSSR count). The lowest BCUT2D eigenvalue weighted by Gasteiger charge is -2.05. The van der Waals surface area contributed by atoms with Gasteiger partial charge in [0.2, 0.25) is 5.95 Å². The Bertz CT molecular complexity index is 562. The van der Waals surface area contributed by atoms with E-state index >= 15 is 0 Å². The maximum absolute atomic E-state index is 6.03. The molecule has 0 aliphatic heterocycles. The van der Waals surface area contributed by atoms with Crippen molar-refractivity contribution in [1.82, 2.24) is 9.97 Å². The zero-order valence-corrected chi connectivity index (χ0v) is 10.3. The minimum absolute atomic E-state index is 0.558. The number of nitrogens with two attached hydrogens (primary N) is 2. The van der Waals surface area contributed by atoms with Gasteiger partial charge in [-0.25, -0.2) is 4.98 Å². The van der Waals surface area contributed by atoms with Crippen LogP contribution in [0.4, 0.5) is 11.8 Å². The molecule has 0 radical (unpaired) electrons. The molecule has 2 aromatic rings. The van der Waals surface area contributed by atoms with Crippen molar-refractivity contribution in [3.05, 3.63) is 10.4 Å². The largest absolute Gasteiger partial charge is 0.383 e. The molecule has 0 unspecified atom stereocenters. The molecule has 0 bridgehead atoms. The number of aromatic nitrogens is 2. The van der Waals surface area contributed by atoms with Gasteiger partial charge in [0.15, 0.2) is 0 Å². The summed E-state index contributed by atoms with van der Waals surface area (Å²) >= 11 is 1.75. The van der Waals surface area contributed by atoms with Crippen molar-refractivity contribution in [3.63, 3.8) is 0 Å². The van der Waals surface area contributed by atoms with Crippen LogP contribution in [0.2, 0.25) is 0 Å². The summed E-state index contributed by atoms with van der Waals surface area (Å²) in [6.07, 6.45) is 3.49. The van der Waals surface area contributed by atoms with E-state index in [9.17, 15) is 0 Å². The van der Waals surface area contributed by atoms with Gasteiger partial charge < -0.3 is 16.8 Å².